The molecule has 3 aliphatic rings. The summed E-state index contributed by atoms with van der Waals surface area (Å²) in [7, 11) is 3.31. The van der Waals surface area contributed by atoms with Crippen LogP contribution in [0.5, 0.6) is 11.5 Å². The number of rotatable bonds is 5. The van der Waals surface area contributed by atoms with Crippen LogP contribution >= 0.6 is 0 Å². The molecule has 1 aromatic rings. The van der Waals surface area contributed by atoms with Crippen LogP contribution in [0.4, 0.5) is 0 Å². The molecule has 2 atom stereocenters. The Morgan fingerprint density at radius 3 is 2.60 bits per heavy atom. The van der Waals surface area contributed by atoms with Crippen molar-refractivity contribution >= 4 is 0 Å². The summed E-state index contributed by atoms with van der Waals surface area (Å²) in [5, 5.41) is 0. The lowest BCUT2D eigenvalue weighted by Crippen LogP contribution is -2.52. The molecule has 1 spiro atoms. The van der Waals surface area contributed by atoms with Gasteiger partial charge in [-0.25, -0.2) is 0 Å². The van der Waals surface area contributed by atoms with Crippen LogP contribution < -0.4 is 9.47 Å². The Labute approximate surface area is 148 Å². The number of hydrogen-bond acceptors (Lipinski definition) is 6. The second-order valence-corrected chi connectivity index (χ2v) is 6.98. The minimum absolute atomic E-state index is 0.0273. The van der Waals surface area contributed by atoms with E-state index < -0.39 is 5.79 Å². The van der Waals surface area contributed by atoms with Crippen molar-refractivity contribution in [3.05, 3.63) is 23.8 Å². The highest BCUT2D eigenvalue weighted by Crippen LogP contribution is 2.48. The fourth-order valence-electron chi connectivity index (χ4n) is 4.25. The monoisotopic (exact) mass is 350 g/mol. The molecule has 25 heavy (non-hydrogen) atoms. The standard InChI is InChI=1S/C19H26O6/c1-20-15-4-3-14(11-16(15)21-2)5-6-18-7-8-19(23-9-10-24-19)12-17(18)22-13-25-18/h3-4,11,17H,5-10,12-13H2,1-2H3/t17-,18+/m1/s1. The van der Waals surface area contributed by atoms with Crippen molar-refractivity contribution in [2.75, 3.05) is 34.2 Å². The maximum Gasteiger partial charge on any atom is 0.171 e. The lowest BCUT2D eigenvalue weighted by Gasteiger charge is -2.43. The number of benzene rings is 1. The number of aryl methyl sites for hydroxylation is 1. The minimum Gasteiger partial charge on any atom is -0.493 e. The van der Waals surface area contributed by atoms with E-state index in [-0.39, 0.29) is 11.7 Å². The maximum absolute atomic E-state index is 6.08. The first kappa shape index (κ1) is 17.1. The van der Waals surface area contributed by atoms with Gasteiger partial charge in [0, 0.05) is 12.8 Å². The van der Waals surface area contributed by atoms with Crippen LogP contribution in [0.15, 0.2) is 18.2 Å². The molecule has 0 radical (unpaired) electrons. The molecular weight excluding hydrogens is 324 g/mol. The molecule has 0 unspecified atom stereocenters. The Hall–Kier alpha value is -1.34. The van der Waals surface area contributed by atoms with E-state index in [1.807, 2.05) is 12.1 Å². The average Bonchev–Trinajstić information content (AvgIpc) is 3.27. The minimum atomic E-state index is -0.453. The van der Waals surface area contributed by atoms with Crippen LogP contribution in [-0.4, -0.2) is 51.7 Å². The van der Waals surface area contributed by atoms with E-state index >= 15 is 0 Å². The summed E-state index contributed by atoms with van der Waals surface area (Å²) in [6.07, 6.45) is 4.33. The van der Waals surface area contributed by atoms with Gasteiger partial charge in [-0.15, -0.1) is 0 Å². The molecule has 0 amide bonds. The van der Waals surface area contributed by atoms with Gasteiger partial charge in [0.05, 0.1) is 39.1 Å². The molecule has 4 rings (SSSR count). The molecule has 0 aromatic heterocycles. The first-order valence-corrected chi connectivity index (χ1v) is 8.93. The van der Waals surface area contributed by atoms with Gasteiger partial charge in [-0.2, -0.15) is 0 Å². The van der Waals surface area contributed by atoms with Gasteiger partial charge in [0.25, 0.3) is 0 Å². The third kappa shape index (κ3) is 3.12. The van der Waals surface area contributed by atoms with Crippen molar-refractivity contribution in [2.45, 2.75) is 49.6 Å². The molecule has 2 aliphatic heterocycles. The normalized spacial score (nSPS) is 30.4. The molecule has 6 heteroatoms. The third-order valence-corrected chi connectivity index (χ3v) is 5.73. The maximum atomic E-state index is 6.08. The van der Waals surface area contributed by atoms with Crippen molar-refractivity contribution in [3.8, 4) is 11.5 Å². The fraction of sp³-hybridized carbons (Fsp3) is 0.684. The summed E-state index contributed by atoms with van der Waals surface area (Å²) in [4.78, 5) is 0. The van der Waals surface area contributed by atoms with Crippen LogP contribution in [-0.2, 0) is 25.4 Å². The van der Waals surface area contributed by atoms with E-state index in [1.54, 1.807) is 14.2 Å². The quantitative estimate of drug-likeness (QED) is 0.814. The Morgan fingerprint density at radius 2 is 1.84 bits per heavy atom. The summed E-state index contributed by atoms with van der Waals surface area (Å²) in [5.74, 6) is 1.05. The van der Waals surface area contributed by atoms with Gasteiger partial charge in [-0.3, -0.25) is 0 Å². The molecule has 1 aromatic carbocycles. The summed E-state index contributed by atoms with van der Waals surface area (Å²) in [6, 6.07) is 6.06. The van der Waals surface area contributed by atoms with Gasteiger partial charge in [0.1, 0.15) is 6.79 Å². The molecule has 0 bridgehead atoms. The van der Waals surface area contributed by atoms with Gasteiger partial charge in [0.2, 0.25) is 0 Å². The summed E-state index contributed by atoms with van der Waals surface area (Å²) in [5.41, 5.74) is 0.961. The lowest BCUT2D eigenvalue weighted by molar-refractivity contribution is -0.214. The van der Waals surface area contributed by atoms with Crippen molar-refractivity contribution < 1.29 is 28.4 Å². The topological polar surface area (TPSA) is 55.4 Å². The highest BCUT2D eigenvalue weighted by Gasteiger charge is 2.55. The summed E-state index contributed by atoms with van der Waals surface area (Å²) >= 11 is 0. The van der Waals surface area contributed by atoms with Crippen molar-refractivity contribution in [1.29, 1.82) is 0 Å². The zero-order valence-corrected chi connectivity index (χ0v) is 14.9. The summed E-state index contributed by atoms with van der Waals surface area (Å²) in [6.45, 7) is 1.70. The van der Waals surface area contributed by atoms with E-state index in [0.717, 1.165) is 43.6 Å². The number of fused-ring (bicyclic) bond motifs is 1. The molecule has 1 aliphatic carbocycles. The zero-order valence-electron chi connectivity index (χ0n) is 14.9. The first-order chi connectivity index (χ1) is 12.2. The van der Waals surface area contributed by atoms with E-state index in [2.05, 4.69) is 6.07 Å². The largest absolute Gasteiger partial charge is 0.493 e. The van der Waals surface area contributed by atoms with Gasteiger partial charge >= 0.3 is 0 Å². The van der Waals surface area contributed by atoms with Crippen LogP contribution in [0, 0.1) is 0 Å². The first-order valence-electron chi connectivity index (χ1n) is 8.93. The molecule has 6 nitrogen and oxygen atoms in total. The molecule has 2 saturated heterocycles. The lowest BCUT2D eigenvalue weighted by atomic mass is 9.76. The van der Waals surface area contributed by atoms with E-state index in [9.17, 15) is 0 Å². The van der Waals surface area contributed by atoms with Crippen molar-refractivity contribution in [1.82, 2.24) is 0 Å². The highest BCUT2D eigenvalue weighted by atomic mass is 16.8. The van der Waals surface area contributed by atoms with E-state index in [4.69, 9.17) is 28.4 Å². The Bertz CT molecular complexity index is 612. The van der Waals surface area contributed by atoms with Crippen molar-refractivity contribution in [2.24, 2.45) is 0 Å². The number of ether oxygens (including phenoxy) is 6. The SMILES string of the molecule is COc1ccc(CC[C@]23CCC4(C[C@H]2OCO3)OCCO4)cc1OC. The van der Waals surface area contributed by atoms with Crippen molar-refractivity contribution in [3.63, 3.8) is 0 Å². The highest BCUT2D eigenvalue weighted by molar-refractivity contribution is 5.43. The van der Waals surface area contributed by atoms with E-state index in [0.29, 0.717) is 20.0 Å². The molecule has 0 N–H and O–H groups in total. The average molecular weight is 350 g/mol. The second-order valence-electron chi connectivity index (χ2n) is 6.98. The van der Waals surface area contributed by atoms with Gasteiger partial charge in [-0.1, -0.05) is 6.07 Å². The predicted molar refractivity (Wildman–Crippen MR) is 89.9 cm³/mol. The van der Waals surface area contributed by atoms with Gasteiger partial charge in [-0.05, 0) is 37.0 Å². The zero-order chi connectivity index (χ0) is 17.3. The molecule has 3 fully saturated rings. The van der Waals surface area contributed by atoms with Gasteiger partial charge < -0.3 is 28.4 Å². The smallest absolute Gasteiger partial charge is 0.171 e. The third-order valence-electron chi connectivity index (χ3n) is 5.73. The van der Waals surface area contributed by atoms with E-state index in [1.165, 1.54) is 5.56 Å². The van der Waals surface area contributed by atoms with Crippen LogP contribution in [0.3, 0.4) is 0 Å². The fourth-order valence-corrected chi connectivity index (χ4v) is 4.25. The number of hydrogen-bond donors (Lipinski definition) is 0. The molecule has 2 heterocycles. The van der Waals surface area contributed by atoms with Crippen LogP contribution in [0.1, 0.15) is 31.2 Å². The Balaban J connectivity index is 1.45. The predicted octanol–water partition coefficient (Wildman–Crippen LogP) is 2.68. The second kappa shape index (κ2) is 6.76. The summed E-state index contributed by atoms with van der Waals surface area (Å²) < 4.78 is 34.4. The Morgan fingerprint density at radius 1 is 1.04 bits per heavy atom. The molecule has 1 saturated carbocycles. The molecular formula is C19H26O6. The van der Waals surface area contributed by atoms with Gasteiger partial charge in [0.15, 0.2) is 17.3 Å². The molecule has 138 valence electrons. The number of methoxy groups -OCH3 is 2. The Kier molecular flexibility index (Phi) is 4.62. The van der Waals surface area contributed by atoms with Crippen LogP contribution in [0.25, 0.3) is 0 Å². The van der Waals surface area contributed by atoms with Crippen LogP contribution in [0.2, 0.25) is 0 Å².